The summed E-state index contributed by atoms with van der Waals surface area (Å²) in [5.41, 5.74) is 0.767. The molecule has 0 fully saturated rings. The Morgan fingerprint density at radius 1 is 1.11 bits per heavy atom. The van der Waals surface area contributed by atoms with Gasteiger partial charge in [0, 0.05) is 15.6 Å². The zero-order valence-electron chi connectivity index (χ0n) is 9.29. The molecule has 2 aromatic rings. The van der Waals surface area contributed by atoms with Gasteiger partial charge in [0.05, 0.1) is 0 Å². The summed E-state index contributed by atoms with van der Waals surface area (Å²) in [6.07, 6.45) is -0.0195. The molecule has 92 valence electrons. The molecule has 0 saturated carbocycles. The van der Waals surface area contributed by atoms with Crippen LogP contribution in [0.3, 0.4) is 0 Å². The fraction of sp³-hybridized carbons (Fsp3) is 0.0714. The van der Waals surface area contributed by atoms with E-state index in [0.29, 0.717) is 14.7 Å². The van der Waals surface area contributed by atoms with Crippen LogP contribution in [0, 0.1) is 15.2 Å². The monoisotopic (exact) mass is 358 g/mol. The van der Waals surface area contributed by atoms with Gasteiger partial charge in [0.15, 0.2) is 5.78 Å². The summed E-state index contributed by atoms with van der Waals surface area (Å²) in [6, 6.07) is 10.1. The Labute approximate surface area is 117 Å². The van der Waals surface area contributed by atoms with E-state index < -0.39 is 5.82 Å². The summed E-state index contributed by atoms with van der Waals surface area (Å²) >= 11 is 1.90. The molecule has 0 radical (unpaired) electrons. The van der Waals surface area contributed by atoms with Gasteiger partial charge in [-0.2, -0.15) is 0 Å². The molecular weight excluding hydrogens is 349 g/mol. The van der Waals surface area contributed by atoms with Crippen LogP contribution in [-0.4, -0.2) is 5.78 Å². The van der Waals surface area contributed by atoms with E-state index in [1.54, 1.807) is 18.2 Å². The highest BCUT2D eigenvalue weighted by molar-refractivity contribution is 14.1. The molecule has 0 aliphatic rings. The number of hydrogen-bond donors (Lipinski definition) is 0. The maximum atomic E-state index is 13.4. The molecular formula is C14H9F2IO. The summed E-state index contributed by atoms with van der Waals surface area (Å²) < 4.78 is 26.9. The second kappa shape index (κ2) is 5.56. The van der Waals surface area contributed by atoms with Crippen molar-refractivity contribution in [2.75, 3.05) is 0 Å². The lowest BCUT2D eigenvalue weighted by molar-refractivity contribution is 0.0991. The van der Waals surface area contributed by atoms with Gasteiger partial charge in [-0.15, -0.1) is 0 Å². The van der Waals surface area contributed by atoms with Crippen LogP contribution >= 0.6 is 22.6 Å². The average molecular weight is 358 g/mol. The average Bonchev–Trinajstić information content (AvgIpc) is 2.32. The van der Waals surface area contributed by atoms with E-state index in [2.05, 4.69) is 0 Å². The summed E-state index contributed by atoms with van der Waals surface area (Å²) in [7, 11) is 0. The Bertz CT molecular complexity index is 596. The first-order chi connectivity index (χ1) is 8.58. The normalized spacial score (nSPS) is 10.4. The van der Waals surface area contributed by atoms with Crippen LogP contribution < -0.4 is 0 Å². The van der Waals surface area contributed by atoms with Crippen molar-refractivity contribution < 1.29 is 13.6 Å². The fourth-order valence-corrected chi connectivity index (χ4v) is 2.40. The standard InChI is InChI=1S/C14H9F2IO/c15-10-5-6-11(13(17)8-10)14(18)7-9-3-1-2-4-12(9)16/h1-6,8H,7H2. The molecule has 4 heteroatoms. The lowest BCUT2D eigenvalue weighted by Gasteiger charge is -2.05. The van der Waals surface area contributed by atoms with Gasteiger partial charge in [-0.1, -0.05) is 18.2 Å². The lowest BCUT2D eigenvalue weighted by atomic mass is 10.0. The van der Waals surface area contributed by atoms with Gasteiger partial charge in [0.25, 0.3) is 0 Å². The first-order valence-corrected chi connectivity index (χ1v) is 6.37. The van der Waals surface area contributed by atoms with Crippen LogP contribution in [0.25, 0.3) is 0 Å². The minimum absolute atomic E-state index is 0.0195. The number of carbonyl (C=O) groups is 1. The van der Waals surface area contributed by atoms with Crippen LogP contribution in [0.5, 0.6) is 0 Å². The summed E-state index contributed by atoms with van der Waals surface area (Å²) in [5.74, 6) is -1.01. The van der Waals surface area contributed by atoms with Crippen molar-refractivity contribution in [2.24, 2.45) is 0 Å². The third kappa shape index (κ3) is 2.93. The van der Waals surface area contributed by atoms with Gasteiger partial charge in [-0.25, -0.2) is 8.78 Å². The number of ketones is 1. The van der Waals surface area contributed by atoms with E-state index in [0.717, 1.165) is 0 Å². The molecule has 2 aromatic carbocycles. The van der Waals surface area contributed by atoms with Gasteiger partial charge < -0.3 is 0 Å². The number of halogens is 3. The van der Waals surface area contributed by atoms with Crippen molar-refractivity contribution in [3.8, 4) is 0 Å². The minimum Gasteiger partial charge on any atom is -0.294 e. The van der Waals surface area contributed by atoms with Crippen molar-refractivity contribution in [2.45, 2.75) is 6.42 Å². The zero-order valence-corrected chi connectivity index (χ0v) is 11.4. The number of Topliss-reactive ketones (excluding diaryl/α,β-unsaturated/α-hetero) is 1. The SMILES string of the molecule is O=C(Cc1ccccc1F)c1ccc(F)cc1I. The van der Waals surface area contributed by atoms with E-state index in [4.69, 9.17) is 0 Å². The van der Waals surface area contributed by atoms with E-state index in [1.807, 2.05) is 22.6 Å². The van der Waals surface area contributed by atoms with Crippen molar-refractivity contribution in [3.63, 3.8) is 0 Å². The van der Waals surface area contributed by atoms with Crippen molar-refractivity contribution in [3.05, 3.63) is 68.8 Å². The summed E-state index contributed by atoms with van der Waals surface area (Å²) in [5, 5.41) is 0. The van der Waals surface area contributed by atoms with Crippen LogP contribution in [0.1, 0.15) is 15.9 Å². The van der Waals surface area contributed by atoms with Gasteiger partial charge in [-0.05, 0) is 52.4 Å². The fourth-order valence-electron chi connectivity index (χ4n) is 1.63. The number of benzene rings is 2. The highest BCUT2D eigenvalue weighted by Crippen LogP contribution is 2.17. The Hall–Kier alpha value is -1.30. The highest BCUT2D eigenvalue weighted by atomic mass is 127. The molecule has 0 spiro atoms. The first kappa shape index (κ1) is 13.1. The third-order valence-electron chi connectivity index (χ3n) is 2.54. The van der Waals surface area contributed by atoms with Gasteiger partial charge in [-0.3, -0.25) is 4.79 Å². The van der Waals surface area contributed by atoms with E-state index >= 15 is 0 Å². The Morgan fingerprint density at radius 3 is 2.50 bits per heavy atom. The molecule has 0 heterocycles. The Kier molecular flexibility index (Phi) is 4.06. The van der Waals surface area contributed by atoms with Crippen molar-refractivity contribution in [1.29, 1.82) is 0 Å². The van der Waals surface area contributed by atoms with Crippen LogP contribution in [0.4, 0.5) is 8.78 Å². The van der Waals surface area contributed by atoms with Crippen LogP contribution in [0.15, 0.2) is 42.5 Å². The van der Waals surface area contributed by atoms with Gasteiger partial charge in [0.2, 0.25) is 0 Å². The quantitative estimate of drug-likeness (QED) is 0.599. The zero-order chi connectivity index (χ0) is 13.1. The second-order valence-corrected chi connectivity index (χ2v) is 4.98. The highest BCUT2D eigenvalue weighted by Gasteiger charge is 2.13. The minimum atomic E-state index is -0.400. The molecule has 0 unspecified atom stereocenters. The molecule has 0 aliphatic heterocycles. The molecule has 0 atom stereocenters. The second-order valence-electron chi connectivity index (χ2n) is 3.82. The topological polar surface area (TPSA) is 17.1 Å². The van der Waals surface area contributed by atoms with Crippen molar-refractivity contribution >= 4 is 28.4 Å². The van der Waals surface area contributed by atoms with E-state index in [9.17, 15) is 13.6 Å². The lowest BCUT2D eigenvalue weighted by Crippen LogP contribution is -2.07. The molecule has 0 bridgehead atoms. The predicted octanol–water partition coefficient (Wildman–Crippen LogP) is 3.99. The molecule has 0 aromatic heterocycles. The third-order valence-corrected chi connectivity index (χ3v) is 3.43. The molecule has 0 saturated heterocycles. The molecule has 0 amide bonds. The molecule has 1 nitrogen and oxygen atoms in total. The van der Waals surface area contributed by atoms with Gasteiger partial charge >= 0.3 is 0 Å². The maximum Gasteiger partial charge on any atom is 0.168 e. The Morgan fingerprint density at radius 2 is 1.83 bits per heavy atom. The van der Waals surface area contributed by atoms with E-state index in [1.165, 1.54) is 24.3 Å². The summed E-state index contributed by atoms with van der Waals surface area (Å²) in [6.45, 7) is 0. The molecule has 2 rings (SSSR count). The maximum absolute atomic E-state index is 13.4. The Balaban J connectivity index is 2.25. The largest absolute Gasteiger partial charge is 0.294 e. The molecule has 18 heavy (non-hydrogen) atoms. The number of carbonyl (C=O) groups excluding carboxylic acids is 1. The first-order valence-electron chi connectivity index (χ1n) is 5.29. The van der Waals surface area contributed by atoms with Crippen LogP contribution in [0.2, 0.25) is 0 Å². The number of hydrogen-bond acceptors (Lipinski definition) is 1. The summed E-state index contributed by atoms with van der Waals surface area (Å²) in [4.78, 5) is 12.0. The smallest absolute Gasteiger partial charge is 0.168 e. The van der Waals surface area contributed by atoms with Gasteiger partial charge in [0.1, 0.15) is 11.6 Å². The predicted molar refractivity (Wildman–Crippen MR) is 73.6 cm³/mol. The van der Waals surface area contributed by atoms with Crippen molar-refractivity contribution in [1.82, 2.24) is 0 Å². The molecule has 0 N–H and O–H groups in total. The molecule has 0 aliphatic carbocycles. The van der Waals surface area contributed by atoms with E-state index in [-0.39, 0.29) is 18.0 Å². The van der Waals surface area contributed by atoms with Crippen LogP contribution in [-0.2, 0) is 6.42 Å². The number of rotatable bonds is 3.